The maximum Gasteiger partial charge on any atom is 0.123 e. The lowest BCUT2D eigenvalue weighted by atomic mass is 9.95. The van der Waals surface area contributed by atoms with Crippen LogP contribution in [0.1, 0.15) is 48.6 Å². The van der Waals surface area contributed by atoms with Crippen LogP contribution in [-0.2, 0) is 0 Å². The Hall–Kier alpha value is -0.890. The van der Waals surface area contributed by atoms with E-state index < -0.39 is 0 Å². The summed E-state index contributed by atoms with van der Waals surface area (Å²) in [5.41, 5.74) is 8.29. The summed E-state index contributed by atoms with van der Waals surface area (Å²) >= 11 is 0. The zero-order valence-corrected chi connectivity index (χ0v) is 9.45. The maximum atomic E-state index is 13.3. The number of fused-ring (bicyclic) bond motifs is 1. The predicted octanol–water partition coefficient (Wildman–Crippen LogP) is 3.16. The number of hydrogen-bond acceptors (Lipinski definition) is 1. The number of benzene rings is 1. The average Bonchev–Trinajstić information content (AvgIpc) is 3.04. The molecule has 1 saturated carbocycles. The molecule has 0 spiro atoms. The zero-order chi connectivity index (χ0) is 11.1. The predicted molar refractivity (Wildman–Crippen MR) is 62.9 cm³/mol. The standard InChI is InChI=1S/C14H18FN/c15-11-3-4-12-13(9-1-2-9)7-10(5-6-16)14(12)8-11/h3-4,8-10,13H,1-2,5-7,16H2. The number of halogens is 1. The second-order valence-corrected chi connectivity index (χ2v) is 5.23. The van der Waals surface area contributed by atoms with E-state index in [0.29, 0.717) is 18.4 Å². The minimum Gasteiger partial charge on any atom is -0.330 e. The van der Waals surface area contributed by atoms with Crippen LogP contribution < -0.4 is 5.73 Å². The fraction of sp³-hybridized carbons (Fsp3) is 0.571. The molecule has 0 bridgehead atoms. The minimum absolute atomic E-state index is 0.0998. The van der Waals surface area contributed by atoms with E-state index in [2.05, 4.69) is 0 Å². The van der Waals surface area contributed by atoms with E-state index in [-0.39, 0.29) is 5.82 Å². The van der Waals surface area contributed by atoms with Crippen molar-refractivity contribution in [2.24, 2.45) is 11.7 Å². The largest absolute Gasteiger partial charge is 0.330 e. The summed E-state index contributed by atoms with van der Waals surface area (Å²) < 4.78 is 13.3. The van der Waals surface area contributed by atoms with Crippen molar-refractivity contribution in [2.45, 2.75) is 37.5 Å². The van der Waals surface area contributed by atoms with Gasteiger partial charge >= 0.3 is 0 Å². The Bertz CT molecular complexity index is 398. The molecule has 16 heavy (non-hydrogen) atoms. The lowest BCUT2D eigenvalue weighted by molar-refractivity contribution is 0.523. The molecule has 2 heteroatoms. The van der Waals surface area contributed by atoms with Gasteiger partial charge in [-0.1, -0.05) is 6.07 Å². The van der Waals surface area contributed by atoms with Gasteiger partial charge in [0, 0.05) is 0 Å². The highest BCUT2D eigenvalue weighted by molar-refractivity contribution is 5.40. The lowest BCUT2D eigenvalue weighted by Gasteiger charge is -2.10. The van der Waals surface area contributed by atoms with E-state index in [1.807, 2.05) is 6.07 Å². The van der Waals surface area contributed by atoms with E-state index >= 15 is 0 Å². The van der Waals surface area contributed by atoms with Crippen LogP contribution in [0.5, 0.6) is 0 Å². The van der Waals surface area contributed by atoms with E-state index in [0.717, 1.165) is 12.3 Å². The van der Waals surface area contributed by atoms with Crippen molar-refractivity contribution in [3.05, 3.63) is 35.1 Å². The molecule has 0 radical (unpaired) electrons. The SMILES string of the molecule is NCCC1CC(C2CC2)c2ccc(F)cc21. The molecule has 2 N–H and O–H groups in total. The van der Waals surface area contributed by atoms with Gasteiger partial charge in [0.25, 0.3) is 0 Å². The summed E-state index contributed by atoms with van der Waals surface area (Å²) in [5.74, 6) is 1.96. The molecule has 0 saturated heterocycles. The molecule has 1 aromatic rings. The topological polar surface area (TPSA) is 26.0 Å². The molecular weight excluding hydrogens is 201 g/mol. The Balaban J connectivity index is 1.95. The van der Waals surface area contributed by atoms with Gasteiger partial charge in [-0.2, -0.15) is 0 Å². The summed E-state index contributed by atoms with van der Waals surface area (Å²) in [5, 5.41) is 0. The van der Waals surface area contributed by atoms with E-state index in [4.69, 9.17) is 5.73 Å². The average molecular weight is 219 g/mol. The van der Waals surface area contributed by atoms with Gasteiger partial charge in [0.1, 0.15) is 5.82 Å². The third-order valence-electron chi connectivity index (χ3n) is 4.13. The van der Waals surface area contributed by atoms with Crippen LogP contribution in [0.2, 0.25) is 0 Å². The molecule has 0 aliphatic heterocycles. The van der Waals surface area contributed by atoms with Crippen LogP contribution in [0.25, 0.3) is 0 Å². The van der Waals surface area contributed by atoms with Crippen molar-refractivity contribution in [2.75, 3.05) is 6.54 Å². The molecule has 2 aliphatic carbocycles. The van der Waals surface area contributed by atoms with Gasteiger partial charge < -0.3 is 5.73 Å². The Morgan fingerprint density at radius 1 is 1.25 bits per heavy atom. The monoisotopic (exact) mass is 219 g/mol. The van der Waals surface area contributed by atoms with Gasteiger partial charge in [-0.25, -0.2) is 4.39 Å². The molecule has 1 aromatic carbocycles. The molecular formula is C14H18FN. The maximum absolute atomic E-state index is 13.3. The third kappa shape index (κ3) is 1.65. The molecule has 1 nitrogen and oxygen atoms in total. The molecule has 0 amide bonds. The normalized spacial score (nSPS) is 28.1. The van der Waals surface area contributed by atoms with Crippen LogP contribution in [0, 0.1) is 11.7 Å². The van der Waals surface area contributed by atoms with Crippen LogP contribution in [0.3, 0.4) is 0 Å². The number of nitrogens with two attached hydrogens (primary N) is 1. The van der Waals surface area contributed by atoms with E-state index in [1.54, 1.807) is 12.1 Å². The summed E-state index contributed by atoms with van der Waals surface area (Å²) in [6, 6.07) is 5.35. The van der Waals surface area contributed by atoms with Gasteiger partial charge in [0.15, 0.2) is 0 Å². The first kappa shape index (κ1) is 10.3. The molecule has 2 unspecified atom stereocenters. The summed E-state index contributed by atoms with van der Waals surface area (Å²) in [6.45, 7) is 0.706. The second kappa shape index (κ2) is 3.85. The molecule has 1 fully saturated rings. The Morgan fingerprint density at radius 3 is 2.75 bits per heavy atom. The summed E-state index contributed by atoms with van der Waals surface area (Å²) in [4.78, 5) is 0. The lowest BCUT2D eigenvalue weighted by Crippen LogP contribution is -2.05. The van der Waals surface area contributed by atoms with Crippen molar-refractivity contribution in [3.63, 3.8) is 0 Å². The molecule has 86 valence electrons. The Labute approximate surface area is 95.8 Å². The second-order valence-electron chi connectivity index (χ2n) is 5.23. The highest BCUT2D eigenvalue weighted by Crippen LogP contribution is 2.53. The van der Waals surface area contributed by atoms with Crippen molar-refractivity contribution in [3.8, 4) is 0 Å². The summed E-state index contributed by atoms with van der Waals surface area (Å²) in [7, 11) is 0. The van der Waals surface area contributed by atoms with Gasteiger partial charge in [-0.3, -0.25) is 0 Å². The number of hydrogen-bond donors (Lipinski definition) is 1. The van der Waals surface area contributed by atoms with Crippen LogP contribution in [0.15, 0.2) is 18.2 Å². The Morgan fingerprint density at radius 2 is 2.06 bits per heavy atom. The molecule has 2 atom stereocenters. The molecule has 2 aliphatic rings. The summed E-state index contributed by atoms with van der Waals surface area (Å²) in [6.07, 6.45) is 4.91. The molecule has 0 aromatic heterocycles. The van der Waals surface area contributed by atoms with Crippen LogP contribution >= 0.6 is 0 Å². The van der Waals surface area contributed by atoms with E-state index in [1.165, 1.54) is 30.4 Å². The smallest absolute Gasteiger partial charge is 0.123 e. The first-order chi connectivity index (χ1) is 7.79. The third-order valence-corrected chi connectivity index (χ3v) is 4.13. The quantitative estimate of drug-likeness (QED) is 0.830. The Kier molecular flexibility index (Phi) is 2.47. The molecule has 3 rings (SSSR count). The van der Waals surface area contributed by atoms with Crippen molar-refractivity contribution < 1.29 is 4.39 Å². The van der Waals surface area contributed by atoms with Crippen LogP contribution in [-0.4, -0.2) is 6.54 Å². The number of rotatable bonds is 3. The van der Waals surface area contributed by atoms with Crippen molar-refractivity contribution in [1.29, 1.82) is 0 Å². The van der Waals surface area contributed by atoms with Gasteiger partial charge in [-0.15, -0.1) is 0 Å². The zero-order valence-electron chi connectivity index (χ0n) is 9.45. The first-order valence-corrected chi connectivity index (χ1v) is 6.29. The van der Waals surface area contributed by atoms with Gasteiger partial charge in [0.05, 0.1) is 0 Å². The fourth-order valence-electron chi connectivity index (χ4n) is 3.22. The highest BCUT2D eigenvalue weighted by atomic mass is 19.1. The highest BCUT2D eigenvalue weighted by Gasteiger charge is 2.40. The van der Waals surface area contributed by atoms with Crippen molar-refractivity contribution in [1.82, 2.24) is 0 Å². The minimum atomic E-state index is -0.0998. The van der Waals surface area contributed by atoms with Gasteiger partial charge in [-0.05, 0) is 73.2 Å². The van der Waals surface area contributed by atoms with Crippen molar-refractivity contribution >= 4 is 0 Å². The van der Waals surface area contributed by atoms with Crippen LogP contribution in [0.4, 0.5) is 4.39 Å². The molecule has 0 heterocycles. The first-order valence-electron chi connectivity index (χ1n) is 6.29. The van der Waals surface area contributed by atoms with Gasteiger partial charge in [0.2, 0.25) is 0 Å². The van der Waals surface area contributed by atoms with E-state index in [9.17, 15) is 4.39 Å². The fourth-order valence-corrected chi connectivity index (χ4v) is 3.22.